The molecule has 1 fully saturated rings. The molecular formula is C20H28N2O3. The van der Waals surface area contributed by atoms with Gasteiger partial charge in [0.05, 0.1) is 26.3 Å². The standard InChI is InChI=1S/C20H28N2O3/c1-7-22-19(23)21-12-14-10-15(24-5)11-17(25-6)16(14)8-13(2)9-18(21)20(22,3)4/h9-11,13H,7-8,12H2,1-6H3/b18-9-/t13-/m1/s1. The molecule has 2 aliphatic rings. The Morgan fingerprint density at radius 1 is 1.24 bits per heavy atom. The largest absolute Gasteiger partial charge is 0.497 e. The van der Waals surface area contributed by atoms with Crippen molar-refractivity contribution in [1.82, 2.24) is 9.80 Å². The lowest BCUT2D eigenvalue weighted by Crippen LogP contribution is -2.41. The molecule has 5 heteroatoms. The van der Waals surface area contributed by atoms with Gasteiger partial charge in [-0.1, -0.05) is 13.0 Å². The maximum Gasteiger partial charge on any atom is 0.325 e. The molecule has 0 unspecified atom stereocenters. The lowest BCUT2D eigenvalue weighted by atomic mass is 9.89. The van der Waals surface area contributed by atoms with Gasteiger partial charge in [-0.3, -0.25) is 4.90 Å². The van der Waals surface area contributed by atoms with Crippen molar-refractivity contribution in [3.8, 4) is 11.5 Å². The van der Waals surface area contributed by atoms with Gasteiger partial charge in [0.1, 0.15) is 11.5 Å². The molecule has 5 nitrogen and oxygen atoms in total. The number of rotatable bonds is 3. The van der Waals surface area contributed by atoms with Crippen LogP contribution in [0.15, 0.2) is 23.9 Å². The summed E-state index contributed by atoms with van der Waals surface area (Å²) in [6.45, 7) is 9.72. The van der Waals surface area contributed by atoms with Gasteiger partial charge < -0.3 is 14.4 Å². The number of benzene rings is 1. The zero-order valence-electron chi connectivity index (χ0n) is 16.0. The predicted octanol–water partition coefficient (Wildman–Crippen LogP) is 3.82. The molecule has 1 aromatic carbocycles. The Hall–Kier alpha value is -2.17. The normalized spacial score (nSPS) is 24.0. The molecular weight excluding hydrogens is 316 g/mol. The molecule has 0 spiro atoms. The molecule has 1 saturated heterocycles. The van der Waals surface area contributed by atoms with Gasteiger partial charge in [-0.2, -0.15) is 0 Å². The second-order valence-electron chi connectivity index (χ2n) is 7.37. The van der Waals surface area contributed by atoms with Crippen molar-refractivity contribution in [2.75, 3.05) is 20.8 Å². The first kappa shape index (κ1) is 17.6. The number of urea groups is 1. The topological polar surface area (TPSA) is 42.0 Å². The number of fused-ring (bicyclic) bond motifs is 2. The Morgan fingerprint density at radius 3 is 2.56 bits per heavy atom. The Kier molecular flexibility index (Phi) is 4.43. The maximum atomic E-state index is 13.0. The minimum absolute atomic E-state index is 0.0700. The lowest BCUT2D eigenvalue weighted by molar-refractivity contribution is 0.175. The number of ether oxygens (including phenoxy) is 2. The van der Waals surface area contributed by atoms with Gasteiger partial charge >= 0.3 is 6.03 Å². The fraction of sp³-hybridized carbons (Fsp3) is 0.550. The van der Waals surface area contributed by atoms with Crippen molar-refractivity contribution in [3.63, 3.8) is 0 Å². The first-order chi connectivity index (χ1) is 11.8. The van der Waals surface area contributed by atoms with Gasteiger partial charge in [0.25, 0.3) is 0 Å². The summed E-state index contributed by atoms with van der Waals surface area (Å²) in [5.74, 6) is 1.90. The molecule has 1 atom stereocenters. The van der Waals surface area contributed by atoms with Gasteiger partial charge in [0, 0.05) is 18.3 Å². The Balaban J connectivity index is 2.14. The molecule has 3 rings (SSSR count). The number of hydrogen-bond acceptors (Lipinski definition) is 3. The number of allylic oxidation sites excluding steroid dienone is 1. The van der Waals surface area contributed by atoms with Gasteiger partial charge in [-0.25, -0.2) is 4.79 Å². The highest BCUT2D eigenvalue weighted by atomic mass is 16.5. The first-order valence-corrected chi connectivity index (χ1v) is 8.88. The fourth-order valence-electron chi connectivity index (χ4n) is 4.10. The van der Waals surface area contributed by atoms with E-state index in [0.717, 1.165) is 34.7 Å². The molecule has 2 heterocycles. The fourth-order valence-corrected chi connectivity index (χ4v) is 4.10. The highest BCUT2D eigenvalue weighted by Gasteiger charge is 2.47. The van der Waals surface area contributed by atoms with Crippen LogP contribution < -0.4 is 9.47 Å². The van der Waals surface area contributed by atoms with Crippen LogP contribution in [0.3, 0.4) is 0 Å². The van der Waals surface area contributed by atoms with Crippen molar-refractivity contribution in [1.29, 1.82) is 0 Å². The number of amides is 2. The number of carbonyl (C=O) groups excluding carboxylic acids is 1. The quantitative estimate of drug-likeness (QED) is 0.837. The summed E-state index contributed by atoms with van der Waals surface area (Å²) in [6, 6.07) is 4.02. The van der Waals surface area contributed by atoms with E-state index >= 15 is 0 Å². The van der Waals surface area contributed by atoms with Crippen LogP contribution >= 0.6 is 0 Å². The predicted molar refractivity (Wildman–Crippen MR) is 97.9 cm³/mol. The Morgan fingerprint density at radius 2 is 1.96 bits per heavy atom. The van der Waals surface area contributed by atoms with Crippen LogP contribution in [0.5, 0.6) is 11.5 Å². The molecule has 0 aliphatic carbocycles. The van der Waals surface area contributed by atoms with E-state index in [-0.39, 0.29) is 11.6 Å². The van der Waals surface area contributed by atoms with Crippen molar-refractivity contribution < 1.29 is 14.3 Å². The van der Waals surface area contributed by atoms with Crippen LogP contribution in [0.25, 0.3) is 0 Å². The van der Waals surface area contributed by atoms with Gasteiger partial charge in [-0.05, 0) is 50.3 Å². The molecule has 0 N–H and O–H groups in total. The molecule has 2 amide bonds. The monoisotopic (exact) mass is 344 g/mol. The van der Waals surface area contributed by atoms with Crippen LogP contribution in [0.2, 0.25) is 0 Å². The molecule has 2 aliphatic heterocycles. The molecule has 136 valence electrons. The van der Waals surface area contributed by atoms with E-state index < -0.39 is 0 Å². The third-order valence-corrected chi connectivity index (χ3v) is 5.40. The van der Waals surface area contributed by atoms with E-state index in [9.17, 15) is 4.79 Å². The van der Waals surface area contributed by atoms with Crippen molar-refractivity contribution >= 4 is 6.03 Å². The van der Waals surface area contributed by atoms with E-state index in [1.807, 2.05) is 28.9 Å². The highest BCUT2D eigenvalue weighted by Crippen LogP contribution is 2.41. The van der Waals surface area contributed by atoms with Crippen LogP contribution in [0.4, 0.5) is 4.79 Å². The minimum atomic E-state index is -0.291. The second kappa shape index (κ2) is 6.28. The van der Waals surface area contributed by atoms with E-state index in [1.165, 1.54) is 0 Å². The molecule has 0 aromatic heterocycles. The van der Waals surface area contributed by atoms with Gasteiger partial charge in [0.2, 0.25) is 0 Å². The average molecular weight is 344 g/mol. The van der Waals surface area contributed by atoms with Gasteiger partial charge in [-0.15, -0.1) is 0 Å². The third kappa shape index (κ3) is 2.75. The van der Waals surface area contributed by atoms with Gasteiger partial charge in [0.15, 0.2) is 0 Å². The summed E-state index contributed by atoms with van der Waals surface area (Å²) in [6.07, 6.45) is 3.14. The summed E-state index contributed by atoms with van der Waals surface area (Å²) in [7, 11) is 3.34. The zero-order valence-corrected chi connectivity index (χ0v) is 16.0. The smallest absolute Gasteiger partial charge is 0.325 e. The van der Waals surface area contributed by atoms with Crippen molar-refractivity contribution in [2.24, 2.45) is 5.92 Å². The molecule has 25 heavy (non-hydrogen) atoms. The van der Waals surface area contributed by atoms with Crippen LogP contribution in [-0.4, -0.2) is 42.1 Å². The molecule has 1 aromatic rings. The maximum absolute atomic E-state index is 13.0. The third-order valence-electron chi connectivity index (χ3n) is 5.40. The average Bonchev–Trinajstić information content (AvgIpc) is 2.73. The number of hydrogen-bond donors (Lipinski definition) is 0. The van der Waals surface area contributed by atoms with Crippen LogP contribution in [-0.2, 0) is 13.0 Å². The minimum Gasteiger partial charge on any atom is -0.497 e. The van der Waals surface area contributed by atoms with Crippen molar-refractivity contribution in [2.45, 2.75) is 46.2 Å². The molecule has 0 bridgehead atoms. The molecule has 0 radical (unpaired) electrons. The number of likely N-dealkylation sites (N-methyl/N-ethyl adjacent to an activating group) is 1. The Bertz CT molecular complexity index is 724. The number of methoxy groups -OCH3 is 2. The Labute approximate surface area is 150 Å². The summed E-state index contributed by atoms with van der Waals surface area (Å²) in [4.78, 5) is 16.9. The van der Waals surface area contributed by atoms with Crippen LogP contribution in [0.1, 0.15) is 38.8 Å². The summed E-state index contributed by atoms with van der Waals surface area (Å²) >= 11 is 0. The van der Waals surface area contributed by atoms with E-state index in [4.69, 9.17) is 9.47 Å². The first-order valence-electron chi connectivity index (χ1n) is 8.88. The zero-order chi connectivity index (χ0) is 18.4. The summed E-state index contributed by atoms with van der Waals surface area (Å²) < 4.78 is 11.0. The van der Waals surface area contributed by atoms with Crippen molar-refractivity contribution in [3.05, 3.63) is 35.0 Å². The second-order valence-corrected chi connectivity index (χ2v) is 7.37. The van der Waals surface area contributed by atoms with E-state index in [2.05, 4.69) is 26.8 Å². The number of nitrogens with zero attached hydrogens (tertiary/aromatic N) is 2. The summed E-state index contributed by atoms with van der Waals surface area (Å²) in [5.41, 5.74) is 3.06. The molecule has 0 saturated carbocycles. The SMILES string of the molecule is CCN1C(=O)N2Cc3cc(OC)cc(OC)c3C[C@@H](C)/C=C\2C1(C)C. The lowest BCUT2D eigenvalue weighted by Gasteiger charge is -2.31. The summed E-state index contributed by atoms with van der Waals surface area (Å²) in [5, 5.41) is 0. The number of carbonyl (C=O) groups is 1. The van der Waals surface area contributed by atoms with E-state index in [1.54, 1.807) is 14.2 Å². The highest BCUT2D eigenvalue weighted by molar-refractivity contribution is 5.82. The van der Waals surface area contributed by atoms with E-state index in [0.29, 0.717) is 19.0 Å². The van der Waals surface area contributed by atoms with Crippen LogP contribution in [0, 0.1) is 5.92 Å².